The van der Waals surface area contributed by atoms with Crippen LogP contribution in [0.3, 0.4) is 0 Å². The number of imide groups is 1. The Labute approximate surface area is 219 Å². The van der Waals surface area contributed by atoms with Crippen molar-refractivity contribution >= 4 is 17.7 Å². The minimum Gasteiger partial charge on any atom is -0.371 e. The summed E-state index contributed by atoms with van der Waals surface area (Å²) >= 11 is 0. The monoisotopic (exact) mass is 518 g/mol. The normalized spacial score (nSPS) is 20.6. The Kier molecular flexibility index (Phi) is 9.97. The smallest absolute Gasteiger partial charge is 0.253 e. The predicted octanol–water partition coefficient (Wildman–Crippen LogP) is 1.44. The molecule has 11 nitrogen and oxygen atoms in total. The van der Waals surface area contributed by atoms with Crippen LogP contribution in [0.4, 0.5) is 0 Å². The highest BCUT2D eigenvalue weighted by Gasteiger charge is 2.31. The lowest BCUT2D eigenvalue weighted by molar-refractivity contribution is -0.138. The fourth-order valence-corrected chi connectivity index (χ4v) is 4.63. The number of aromatic nitrogens is 3. The summed E-state index contributed by atoms with van der Waals surface area (Å²) in [4.78, 5) is 37.5. The van der Waals surface area contributed by atoms with Crippen LogP contribution in [0.1, 0.15) is 59.1 Å². The van der Waals surface area contributed by atoms with Crippen molar-refractivity contribution in [3.63, 3.8) is 0 Å². The average molecular weight is 519 g/mol. The second-order valence-corrected chi connectivity index (χ2v) is 11.2. The summed E-state index contributed by atoms with van der Waals surface area (Å²) in [6, 6.07) is 0. The number of rotatable bonds is 14. The minimum atomic E-state index is -0.433. The number of nitrogens with zero attached hydrogens (tertiary/aromatic N) is 4. The zero-order valence-electron chi connectivity index (χ0n) is 22.8. The Morgan fingerprint density at radius 1 is 1.05 bits per heavy atom. The minimum absolute atomic E-state index is 0.00859. The zero-order valence-corrected chi connectivity index (χ0v) is 22.8. The molecule has 1 saturated carbocycles. The number of carbonyl (C=O) groups excluding carboxylic acids is 3. The molecule has 2 aliphatic rings. The predicted molar refractivity (Wildman–Crippen MR) is 137 cm³/mol. The molecule has 3 amide bonds. The van der Waals surface area contributed by atoms with Crippen LogP contribution in [0.25, 0.3) is 0 Å². The number of likely N-dealkylation sites (N-methyl/N-ethyl adjacent to an activating group) is 1. The molecule has 0 bridgehead atoms. The van der Waals surface area contributed by atoms with Crippen molar-refractivity contribution < 1.29 is 23.9 Å². The molecule has 1 aromatic rings. The standard InChI is InChI=1S/C26H42N6O5/c1-25(2,17-27-5)37-18-26(3,4)36-13-12-31-16-21(29-30-31)14-28-24(35)20-8-6-19(7-9-20)15-32-22(33)10-11-23(32)34/h10-11,16,19-20,27H,6-9,12-15,17-18H2,1-5H3,(H,28,35). The van der Waals surface area contributed by atoms with Gasteiger partial charge in [0.15, 0.2) is 0 Å². The number of ether oxygens (including phenoxy) is 2. The molecular weight excluding hydrogens is 476 g/mol. The van der Waals surface area contributed by atoms with Gasteiger partial charge in [0.25, 0.3) is 11.8 Å². The number of carbonyl (C=O) groups is 3. The summed E-state index contributed by atoms with van der Waals surface area (Å²) < 4.78 is 13.7. The van der Waals surface area contributed by atoms with E-state index >= 15 is 0 Å². The van der Waals surface area contributed by atoms with Crippen LogP contribution < -0.4 is 10.6 Å². The van der Waals surface area contributed by atoms with E-state index in [1.54, 1.807) is 4.68 Å². The molecule has 0 spiro atoms. The van der Waals surface area contributed by atoms with Crippen molar-refractivity contribution in [1.29, 1.82) is 0 Å². The van der Waals surface area contributed by atoms with Crippen molar-refractivity contribution in [1.82, 2.24) is 30.5 Å². The maximum Gasteiger partial charge on any atom is 0.253 e. The maximum atomic E-state index is 12.7. The molecule has 206 valence electrons. The molecule has 1 fully saturated rings. The average Bonchev–Trinajstić information content (AvgIpc) is 3.43. The second-order valence-electron chi connectivity index (χ2n) is 11.2. The van der Waals surface area contributed by atoms with Crippen molar-refractivity contribution in [2.75, 3.05) is 33.4 Å². The summed E-state index contributed by atoms with van der Waals surface area (Å²) in [5.74, 6) is -0.298. The molecule has 1 aliphatic carbocycles. The van der Waals surface area contributed by atoms with Gasteiger partial charge in [-0.15, -0.1) is 5.10 Å². The van der Waals surface area contributed by atoms with Crippen LogP contribution in [0.2, 0.25) is 0 Å². The number of amides is 3. The maximum absolute atomic E-state index is 12.7. The van der Waals surface area contributed by atoms with Crippen molar-refractivity contribution in [2.24, 2.45) is 11.8 Å². The van der Waals surface area contributed by atoms with E-state index in [1.807, 2.05) is 40.9 Å². The van der Waals surface area contributed by atoms with Gasteiger partial charge in [0.05, 0.1) is 43.7 Å². The third-order valence-electron chi connectivity index (χ3n) is 6.81. The van der Waals surface area contributed by atoms with E-state index in [-0.39, 0.29) is 35.2 Å². The van der Waals surface area contributed by atoms with Crippen LogP contribution >= 0.6 is 0 Å². The molecule has 0 radical (unpaired) electrons. The van der Waals surface area contributed by atoms with Gasteiger partial charge >= 0.3 is 0 Å². The highest BCUT2D eigenvalue weighted by atomic mass is 16.6. The fraction of sp³-hybridized carbons (Fsp3) is 0.731. The Bertz CT molecular complexity index is 946. The van der Waals surface area contributed by atoms with Gasteiger partial charge in [-0.25, -0.2) is 4.68 Å². The SMILES string of the molecule is CNCC(C)(C)OCC(C)(C)OCCn1cc(CNC(=O)C2CCC(CN3C(=O)C=CC3=O)CC2)nn1. The van der Waals surface area contributed by atoms with Gasteiger partial charge in [0.1, 0.15) is 5.69 Å². The van der Waals surface area contributed by atoms with Gasteiger partial charge in [-0.05, 0) is 66.3 Å². The molecular formula is C26H42N6O5. The second kappa shape index (κ2) is 12.7. The third kappa shape index (κ3) is 9.01. The van der Waals surface area contributed by atoms with E-state index < -0.39 is 5.60 Å². The number of hydrogen-bond acceptors (Lipinski definition) is 8. The quantitative estimate of drug-likeness (QED) is 0.354. The lowest BCUT2D eigenvalue weighted by Gasteiger charge is -2.32. The first kappa shape index (κ1) is 28.9. The van der Waals surface area contributed by atoms with Gasteiger partial charge < -0.3 is 20.1 Å². The van der Waals surface area contributed by atoms with Gasteiger partial charge in [0.2, 0.25) is 5.91 Å². The van der Waals surface area contributed by atoms with E-state index in [0.29, 0.717) is 38.5 Å². The molecule has 37 heavy (non-hydrogen) atoms. The third-order valence-corrected chi connectivity index (χ3v) is 6.81. The highest BCUT2D eigenvalue weighted by molar-refractivity contribution is 6.12. The fourth-order valence-electron chi connectivity index (χ4n) is 4.63. The van der Waals surface area contributed by atoms with Gasteiger partial charge in [-0.3, -0.25) is 19.3 Å². The van der Waals surface area contributed by atoms with Crippen molar-refractivity contribution in [3.8, 4) is 0 Å². The van der Waals surface area contributed by atoms with Crippen LogP contribution in [0, 0.1) is 11.8 Å². The van der Waals surface area contributed by atoms with Crippen LogP contribution in [-0.2, 0) is 36.9 Å². The molecule has 11 heteroatoms. The Balaban J connectivity index is 1.33. The first-order chi connectivity index (χ1) is 17.5. The Morgan fingerprint density at radius 3 is 2.38 bits per heavy atom. The molecule has 2 heterocycles. The molecule has 0 saturated heterocycles. The van der Waals surface area contributed by atoms with E-state index in [2.05, 4.69) is 20.9 Å². The zero-order chi connectivity index (χ0) is 27.1. The van der Waals surface area contributed by atoms with E-state index in [4.69, 9.17) is 9.47 Å². The molecule has 0 atom stereocenters. The van der Waals surface area contributed by atoms with E-state index in [0.717, 1.165) is 32.2 Å². The van der Waals surface area contributed by atoms with Crippen molar-refractivity contribution in [2.45, 2.75) is 77.7 Å². The first-order valence-corrected chi connectivity index (χ1v) is 13.1. The van der Waals surface area contributed by atoms with Gasteiger partial charge in [-0.1, -0.05) is 5.21 Å². The van der Waals surface area contributed by atoms with Crippen LogP contribution in [0.5, 0.6) is 0 Å². The molecule has 1 aliphatic heterocycles. The molecule has 0 aromatic carbocycles. The molecule has 1 aromatic heterocycles. The van der Waals surface area contributed by atoms with Gasteiger partial charge in [-0.2, -0.15) is 0 Å². The van der Waals surface area contributed by atoms with Crippen LogP contribution in [-0.4, -0.2) is 82.2 Å². The van der Waals surface area contributed by atoms with E-state index in [9.17, 15) is 14.4 Å². The summed E-state index contributed by atoms with van der Waals surface area (Å²) in [7, 11) is 1.90. The van der Waals surface area contributed by atoms with E-state index in [1.165, 1.54) is 17.1 Å². The van der Waals surface area contributed by atoms with Crippen molar-refractivity contribution in [3.05, 3.63) is 24.0 Å². The number of hydrogen-bond donors (Lipinski definition) is 2. The summed E-state index contributed by atoms with van der Waals surface area (Å²) in [6.45, 7) is 11.1. The number of nitrogens with one attached hydrogen (secondary N) is 2. The summed E-state index contributed by atoms with van der Waals surface area (Å²) in [5, 5.41) is 14.4. The largest absolute Gasteiger partial charge is 0.371 e. The summed E-state index contributed by atoms with van der Waals surface area (Å²) in [6.07, 6.45) is 7.58. The van der Waals surface area contributed by atoms with Crippen LogP contribution in [0.15, 0.2) is 18.3 Å². The topological polar surface area (TPSA) is 128 Å². The Morgan fingerprint density at radius 2 is 1.73 bits per heavy atom. The van der Waals surface area contributed by atoms with Gasteiger partial charge in [0, 0.05) is 31.2 Å². The summed E-state index contributed by atoms with van der Waals surface area (Å²) in [5.41, 5.74) is -0.0127. The molecule has 3 rings (SSSR count). The Hall–Kier alpha value is -2.63. The highest BCUT2D eigenvalue weighted by Crippen LogP contribution is 2.30. The molecule has 2 N–H and O–H groups in total. The first-order valence-electron chi connectivity index (χ1n) is 13.1. The molecule has 0 unspecified atom stereocenters. The lowest BCUT2D eigenvalue weighted by atomic mass is 9.81. The lowest BCUT2D eigenvalue weighted by Crippen LogP contribution is -2.41.